The SMILES string of the molecule is O=C(Cn1cc(-c2ccccc2)ncc1=O)NCC1CCOCC1. The normalized spacial score (nSPS) is 15.2. The Bertz CT molecular complexity index is 737. The highest BCUT2D eigenvalue weighted by Crippen LogP contribution is 2.14. The average molecular weight is 327 g/mol. The second kappa shape index (κ2) is 7.88. The molecule has 0 bridgehead atoms. The Hall–Kier alpha value is -2.47. The maximum atomic E-state index is 12.1. The van der Waals surface area contributed by atoms with Crippen LogP contribution in [0.15, 0.2) is 47.5 Å². The van der Waals surface area contributed by atoms with Crippen molar-refractivity contribution in [2.24, 2.45) is 5.92 Å². The van der Waals surface area contributed by atoms with Gasteiger partial charge in [-0.05, 0) is 18.8 Å². The number of aromatic nitrogens is 2. The highest BCUT2D eigenvalue weighted by Gasteiger charge is 2.15. The van der Waals surface area contributed by atoms with Gasteiger partial charge in [-0.25, -0.2) is 4.98 Å². The molecule has 0 spiro atoms. The van der Waals surface area contributed by atoms with Gasteiger partial charge in [-0.3, -0.25) is 9.59 Å². The minimum Gasteiger partial charge on any atom is -0.381 e. The van der Waals surface area contributed by atoms with Crippen LogP contribution in [0.2, 0.25) is 0 Å². The van der Waals surface area contributed by atoms with E-state index in [9.17, 15) is 9.59 Å². The molecule has 1 N–H and O–H groups in total. The molecule has 1 aromatic heterocycles. The van der Waals surface area contributed by atoms with Gasteiger partial charge in [0, 0.05) is 31.5 Å². The van der Waals surface area contributed by atoms with Crippen LogP contribution in [0.1, 0.15) is 12.8 Å². The summed E-state index contributed by atoms with van der Waals surface area (Å²) in [6.45, 7) is 2.15. The number of benzene rings is 1. The maximum Gasteiger partial charge on any atom is 0.269 e. The van der Waals surface area contributed by atoms with E-state index in [0.29, 0.717) is 18.2 Å². The zero-order valence-corrected chi connectivity index (χ0v) is 13.5. The van der Waals surface area contributed by atoms with E-state index in [1.54, 1.807) is 6.20 Å². The van der Waals surface area contributed by atoms with Crippen LogP contribution in [0.3, 0.4) is 0 Å². The van der Waals surface area contributed by atoms with Crippen molar-refractivity contribution < 1.29 is 9.53 Å². The fourth-order valence-electron chi connectivity index (χ4n) is 2.74. The number of hydrogen-bond acceptors (Lipinski definition) is 4. The lowest BCUT2D eigenvalue weighted by molar-refractivity contribution is -0.122. The minimum atomic E-state index is -0.282. The number of nitrogens with zero attached hydrogens (tertiary/aromatic N) is 2. The zero-order chi connectivity index (χ0) is 16.8. The third kappa shape index (κ3) is 4.29. The van der Waals surface area contributed by atoms with Crippen LogP contribution in [0.25, 0.3) is 11.3 Å². The molecule has 2 heterocycles. The summed E-state index contributed by atoms with van der Waals surface area (Å²) in [5.41, 5.74) is 1.30. The summed E-state index contributed by atoms with van der Waals surface area (Å²) in [4.78, 5) is 28.2. The van der Waals surface area contributed by atoms with E-state index in [1.165, 1.54) is 10.8 Å². The first-order valence-corrected chi connectivity index (χ1v) is 8.19. The Labute approximate surface area is 140 Å². The van der Waals surface area contributed by atoms with E-state index in [-0.39, 0.29) is 18.0 Å². The van der Waals surface area contributed by atoms with E-state index in [1.807, 2.05) is 30.3 Å². The number of hydrogen-bond donors (Lipinski definition) is 1. The second-order valence-corrected chi connectivity index (χ2v) is 5.96. The molecular formula is C18H21N3O3. The number of amides is 1. The predicted octanol–water partition coefficient (Wildman–Crippen LogP) is 1.45. The Morgan fingerprint density at radius 3 is 2.75 bits per heavy atom. The van der Waals surface area contributed by atoms with Crippen molar-refractivity contribution in [2.75, 3.05) is 19.8 Å². The Kier molecular flexibility index (Phi) is 5.38. The largest absolute Gasteiger partial charge is 0.381 e. The molecule has 6 nitrogen and oxygen atoms in total. The number of carbonyl (C=O) groups is 1. The lowest BCUT2D eigenvalue weighted by Gasteiger charge is -2.22. The molecule has 0 unspecified atom stereocenters. The topological polar surface area (TPSA) is 73.2 Å². The molecule has 1 amide bonds. The van der Waals surface area contributed by atoms with E-state index < -0.39 is 0 Å². The highest BCUT2D eigenvalue weighted by molar-refractivity contribution is 5.75. The summed E-state index contributed by atoms with van der Waals surface area (Å²) < 4.78 is 6.71. The smallest absolute Gasteiger partial charge is 0.269 e. The van der Waals surface area contributed by atoms with Crippen molar-refractivity contribution in [1.82, 2.24) is 14.9 Å². The van der Waals surface area contributed by atoms with Crippen molar-refractivity contribution in [3.8, 4) is 11.3 Å². The Morgan fingerprint density at radius 2 is 2.00 bits per heavy atom. The van der Waals surface area contributed by atoms with Gasteiger partial charge >= 0.3 is 0 Å². The summed E-state index contributed by atoms with van der Waals surface area (Å²) >= 11 is 0. The first-order chi connectivity index (χ1) is 11.7. The third-order valence-corrected chi connectivity index (χ3v) is 4.19. The molecule has 1 saturated heterocycles. The maximum absolute atomic E-state index is 12.1. The second-order valence-electron chi connectivity index (χ2n) is 5.96. The molecule has 1 aromatic carbocycles. The molecule has 2 aromatic rings. The van der Waals surface area contributed by atoms with Gasteiger partial charge in [0.15, 0.2) is 0 Å². The monoisotopic (exact) mass is 327 g/mol. The number of rotatable bonds is 5. The predicted molar refractivity (Wildman–Crippen MR) is 90.5 cm³/mol. The van der Waals surface area contributed by atoms with Gasteiger partial charge in [-0.2, -0.15) is 0 Å². The minimum absolute atomic E-state index is 0.00437. The molecule has 0 aliphatic carbocycles. The summed E-state index contributed by atoms with van der Waals surface area (Å²) in [6, 6.07) is 9.58. The summed E-state index contributed by atoms with van der Waals surface area (Å²) in [5.74, 6) is 0.297. The molecule has 0 atom stereocenters. The van der Waals surface area contributed by atoms with Crippen molar-refractivity contribution in [3.05, 3.63) is 53.1 Å². The summed E-state index contributed by atoms with van der Waals surface area (Å²) in [7, 11) is 0. The summed E-state index contributed by atoms with van der Waals surface area (Å²) in [6.07, 6.45) is 4.82. The van der Waals surface area contributed by atoms with Gasteiger partial charge in [0.05, 0.1) is 11.9 Å². The van der Waals surface area contributed by atoms with Gasteiger partial charge in [0.1, 0.15) is 6.54 Å². The van der Waals surface area contributed by atoms with Crippen molar-refractivity contribution in [2.45, 2.75) is 19.4 Å². The summed E-state index contributed by atoms with van der Waals surface area (Å²) in [5, 5.41) is 2.91. The molecule has 1 fully saturated rings. The van der Waals surface area contributed by atoms with Crippen LogP contribution in [0, 0.1) is 5.92 Å². The van der Waals surface area contributed by atoms with Crippen LogP contribution in [-0.4, -0.2) is 35.2 Å². The van der Waals surface area contributed by atoms with Gasteiger partial charge < -0.3 is 14.6 Å². The van der Waals surface area contributed by atoms with Gasteiger partial charge in [-0.1, -0.05) is 30.3 Å². The first-order valence-electron chi connectivity index (χ1n) is 8.19. The lowest BCUT2D eigenvalue weighted by atomic mass is 10.0. The molecule has 1 aliphatic heterocycles. The molecule has 1 aliphatic rings. The van der Waals surface area contributed by atoms with E-state index in [0.717, 1.165) is 31.6 Å². The first kappa shape index (κ1) is 16.4. The van der Waals surface area contributed by atoms with E-state index in [2.05, 4.69) is 10.3 Å². The van der Waals surface area contributed by atoms with E-state index >= 15 is 0 Å². The highest BCUT2D eigenvalue weighted by atomic mass is 16.5. The van der Waals surface area contributed by atoms with Crippen molar-refractivity contribution >= 4 is 5.91 Å². The zero-order valence-electron chi connectivity index (χ0n) is 13.5. The average Bonchev–Trinajstić information content (AvgIpc) is 2.63. The fourth-order valence-corrected chi connectivity index (χ4v) is 2.74. The standard InChI is InChI=1S/C18H21N3O3/c22-17(20-10-14-6-8-24-9-7-14)13-21-12-16(19-11-18(21)23)15-4-2-1-3-5-15/h1-5,11-12,14H,6-10,13H2,(H,20,22). The van der Waals surface area contributed by atoms with Crippen LogP contribution >= 0.6 is 0 Å². The number of ether oxygens (including phenoxy) is 1. The molecule has 3 rings (SSSR count). The third-order valence-electron chi connectivity index (χ3n) is 4.19. The fraction of sp³-hybridized carbons (Fsp3) is 0.389. The molecule has 0 radical (unpaired) electrons. The molecule has 6 heteroatoms. The lowest BCUT2D eigenvalue weighted by Crippen LogP contribution is -2.36. The van der Waals surface area contributed by atoms with Crippen LogP contribution in [0.5, 0.6) is 0 Å². The van der Waals surface area contributed by atoms with Gasteiger partial charge in [-0.15, -0.1) is 0 Å². The van der Waals surface area contributed by atoms with Crippen LogP contribution in [-0.2, 0) is 16.1 Å². The molecule has 24 heavy (non-hydrogen) atoms. The van der Waals surface area contributed by atoms with Crippen LogP contribution in [0.4, 0.5) is 0 Å². The van der Waals surface area contributed by atoms with Crippen molar-refractivity contribution in [3.63, 3.8) is 0 Å². The quantitative estimate of drug-likeness (QED) is 0.902. The van der Waals surface area contributed by atoms with Gasteiger partial charge in [0.2, 0.25) is 5.91 Å². The number of nitrogens with one attached hydrogen (secondary N) is 1. The Balaban J connectivity index is 1.63. The molecular weight excluding hydrogens is 306 g/mol. The van der Waals surface area contributed by atoms with E-state index in [4.69, 9.17) is 4.74 Å². The van der Waals surface area contributed by atoms with Crippen molar-refractivity contribution in [1.29, 1.82) is 0 Å². The molecule has 126 valence electrons. The van der Waals surface area contributed by atoms with Crippen LogP contribution < -0.4 is 10.9 Å². The molecule has 0 saturated carbocycles. The van der Waals surface area contributed by atoms with Gasteiger partial charge in [0.25, 0.3) is 5.56 Å². The number of carbonyl (C=O) groups excluding carboxylic acids is 1. The Morgan fingerprint density at radius 1 is 1.25 bits per heavy atom.